The number of halogens is 1. The summed E-state index contributed by atoms with van der Waals surface area (Å²) in [5.74, 6) is 0.969. The first-order chi connectivity index (χ1) is 9.84. The zero-order valence-electron chi connectivity index (χ0n) is 12.3. The highest BCUT2D eigenvalue weighted by atomic mass is 35.5. The van der Waals surface area contributed by atoms with Crippen molar-refractivity contribution in [1.29, 1.82) is 0 Å². The predicted octanol–water partition coefficient (Wildman–Crippen LogP) is 3.46. The van der Waals surface area contributed by atoms with Crippen LogP contribution in [0, 0.1) is 13.8 Å². The Hall–Kier alpha value is -1.30. The van der Waals surface area contributed by atoms with Crippen LogP contribution in [0.4, 0.5) is 0 Å². The monoisotopic (exact) mass is 327 g/mol. The number of sulfonamides is 1. The molecule has 0 saturated heterocycles. The van der Waals surface area contributed by atoms with Crippen LogP contribution < -0.4 is 0 Å². The molecule has 0 aliphatic heterocycles. The summed E-state index contributed by atoms with van der Waals surface area (Å²) in [6.45, 7) is 3.92. The topological polar surface area (TPSA) is 50.5 Å². The summed E-state index contributed by atoms with van der Waals surface area (Å²) < 4.78 is 31.8. The molecule has 0 fully saturated rings. The highest BCUT2D eigenvalue weighted by Gasteiger charge is 2.26. The number of hydrogen-bond donors (Lipinski definition) is 0. The van der Waals surface area contributed by atoms with Crippen LogP contribution in [0.25, 0.3) is 0 Å². The fraction of sp³-hybridized carbons (Fsp3) is 0.333. The van der Waals surface area contributed by atoms with Gasteiger partial charge in [0.1, 0.15) is 16.4 Å². The number of rotatable bonds is 5. The van der Waals surface area contributed by atoms with E-state index in [0.717, 1.165) is 11.1 Å². The molecular formula is C15H18ClNO3S. The SMILES string of the molecule is Cc1cccc(CN(C)S(=O)(=O)c2cc(CCl)oc2C)c1. The molecule has 0 bridgehead atoms. The van der Waals surface area contributed by atoms with Gasteiger partial charge in [0.15, 0.2) is 0 Å². The zero-order chi connectivity index (χ0) is 15.6. The van der Waals surface area contributed by atoms with Crippen LogP contribution in [-0.4, -0.2) is 19.8 Å². The van der Waals surface area contributed by atoms with Gasteiger partial charge in [-0.1, -0.05) is 29.8 Å². The molecule has 2 aromatic rings. The van der Waals surface area contributed by atoms with Crippen LogP contribution in [-0.2, 0) is 22.4 Å². The maximum absolute atomic E-state index is 12.6. The van der Waals surface area contributed by atoms with E-state index in [4.69, 9.17) is 16.0 Å². The van der Waals surface area contributed by atoms with E-state index < -0.39 is 10.0 Å². The zero-order valence-corrected chi connectivity index (χ0v) is 13.8. The molecule has 6 heteroatoms. The Morgan fingerprint density at radius 3 is 2.52 bits per heavy atom. The van der Waals surface area contributed by atoms with E-state index in [1.165, 1.54) is 10.4 Å². The van der Waals surface area contributed by atoms with Gasteiger partial charge in [0.2, 0.25) is 10.0 Å². The number of nitrogens with zero attached hydrogens (tertiary/aromatic N) is 1. The Balaban J connectivity index is 2.28. The van der Waals surface area contributed by atoms with Gasteiger partial charge in [-0.2, -0.15) is 4.31 Å². The standard InChI is InChI=1S/C15H18ClNO3S/c1-11-5-4-6-13(7-11)10-17(3)21(18,19)15-8-14(9-16)20-12(15)2/h4-8H,9-10H2,1-3H3. The fourth-order valence-corrected chi connectivity index (χ4v) is 3.64. The molecule has 2 rings (SSSR count). The first-order valence-electron chi connectivity index (χ1n) is 6.51. The van der Waals surface area contributed by atoms with Gasteiger partial charge in [-0.15, -0.1) is 11.6 Å². The van der Waals surface area contributed by atoms with Crippen LogP contribution in [0.3, 0.4) is 0 Å². The van der Waals surface area contributed by atoms with Crippen molar-refractivity contribution < 1.29 is 12.8 Å². The summed E-state index contributed by atoms with van der Waals surface area (Å²) in [6, 6.07) is 9.26. The first-order valence-corrected chi connectivity index (χ1v) is 8.49. The first kappa shape index (κ1) is 16.1. The molecule has 0 spiro atoms. The Kier molecular flexibility index (Phi) is 4.76. The summed E-state index contributed by atoms with van der Waals surface area (Å²) >= 11 is 5.69. The van der Waals surface area contributed by atoms with Crippen LogP contribution >= 0.6 is 11.6 Å². The van der Waals surface area contributed by atoms with Crippen molar-refractivity contribution in [2.45, 2.75) is 31.2 Å². The summed E-state index contributed by atoms with van der Waals surface area (Å²) in [5.41, 5.74) is 2.04. The number of alkyl halides is 1. The van der Waals surface area contributed by atoms with E-state index in [-0.39, 0.29) is 10.8 Å². The van der Waals surface area contributed by atoms with Crippen molar-refractivity contribution in [2.24, 2.45) is 0 Å². The smallest absolute Gasteiger partial charge is 0.246 e. The van der Waals surface area contributed by atoms with Crippen molar-refractivity contribution in [2.75, 3.05) is 7.05 Å². The van der Waals surface area contributed by atoms with Gasteiger partial charge in [0.05, 0.1) is 5.88 Å². The molecule has 21 heavy (non-hydrogen) atoms. The minimum atomic E-state index is -3.59. The van der Waals surface area contributed by atoms with Gasteiger partial charge in [0, 0.05) is 19.7 Å². The number of hydrogen-bond acceptors (Lipinski definition) is 3. The average Bonchev–Trinajstić information content (AvgIpc) is 2.80. The quantitative estimate of drug-likeness (QED) is 0.790. The number of aryl methyl sites for hydroxylation is 2. The largest absolute Gasteiger partial charge is 0.464 e. The Bertz CT molecular complexity index is 737. The lowest BCUT2D eigenvalue weighted by Crippen LogP contribution is -2.26. The van der Waals surface area contributed by atoms with E-state index in [9.17, 15) is 8.42 Å². The van der Waals surface area contributed by atoms with Gasteiger partial charge in [-0.3, -0.25) is 0 Å². The van der Waals surface area contributed by atoms with Gasteiger partial charge >= 0.3 is 0 Å². The van der Waals surface area contributed by atoms with Gasteiger partial charge in [0.25, 0.3) is 0 Å². The van der Waals surface area contributed by atoms with Crippen LogP contribution in [0.15, 0.2) is 39.6 Å². The second kappa shape index (κ2) is 6.22. The average molecular weight is 328 g/mol. The van der Waals surface area contributed by atoms with Crippen molar-refractivity contribution in [3.05, 3.63) is 53.0 Å². The molecule has 114 valence electrons. The van der Waals surface area contributed by atoms with Gasteiger partial charge < -0.3 is 4.42 Å². The summed E-state index contributed by atoms with van der Waals surface area (Å²) in [7, 11) is -2.03. The second-order valence-corrected chi connectivity index (χ2v) is 7.30. The third-order valence-corrected chi connectivity index (χ3v) is 5.41. The molecule has 0 N–H and O–H groups in total. The lowest BCUT2D eigenvalue weighted by molar-refractivity contribution is 0.459. The highest BCUT2D eigenvalue weighted by Crippen LogP contribution is 2.25. The molecule has 0 atom stereocenters. The molecule has 0 aliphatic rings. The molecule has 1 aromatic heterocycles. The minimum Gasteiger partial charge on any atom is -0.464 e. The van der Waals surface area contributed by atoms with E-state index in [1.54, 1.807) is 14.0 Å². The van der Waals surface area contributed by atoms with Crippen molar-refractivity contribution >= 4 is 21.6 Å². The molecule has 1 aromatic carbocycles. The van der Waals surface area contributed by atoms with Crippen LogP contribution in [0.1, 0.15) is 22.6 Å². The van der Waals surface area contributed by atoms with Crippen LogP contribution in [0.2, 0.25) is 0 Å². The van der Waals surface area contributed by atoms with E-state index >= 15 is 0 Å². The van der Waals surface area contributed by atoms with Crippen molar-refractivity contribution in [1.82, 2.24) is 4.31 Å². The maximum atomic E-state index is 12.6. The molecule has 0 aliphatic carbocycles. The summed E-state index contributed by atoms with van der Waals surface area (Å²) in [5, 5.41) is 0. The van der Waals surface area contributed by atoms with Crippen molar-refractivity contribution in [3.8, 4) is 0 Å². The van der Waals surface area contributed by atoms with Gasteiger partial charge in [-0.05, 0) is 19.4 Å². The van der Waals surface area contributed by atoms with Crippen molar-refractivity contribution in [3.63, 3.8) is 0 Å². The normalized spacial score (nSPS) is 12.0. The Labute approximate surface area is 130 Å². The number of benzene rings is 1. The van der Waals surface area contributed by atoms with Crippen LogP contribution in [0.5, 0.6) is 0 Å². The lowest BCUT2D eigenvalue weighted by atomic mass is 10.1. The fourth-order valence-electron chi connectivity index (χ4n) is 2.17. The highest BCUT2D eigenvalue weighted by molar-refractivity contribution is 7.89. The maximum Gasteiger partial charge on any atom is 0.246 e. The second-order valence-electron chi connectivity index (χ2n) is 5.02. The molecule has 4 nitrogen and oxygen atoms in total. The summed E-state index contributed by atoms with van der Waals surface area (Å²) in [4.78, 5) is 0.174. The third-order valence-electron chi connectivity index (χ3n) is 3.23. The molecular weight excluding hydrogens is 310 g/mol. The predicted molar refractivity (Wildman–Crippen MR) is 82.8 cm³/mol. The molecule has 0 amide bonds. The molecule has 0 radical (unpaired) electrons. The van der Waals surface area contributed by atoms with Gasteiger partial charge in [-0.25, -0.2) is 8.42 Å². The lowest BCUT2D eigenvalue weighted by Gasteiger charge is -2.17. The van der Waals surface area contributed by atoms with E-state index in [2.05, 4.69) is 0 Å². The Morgan fingerprint density at radius 1 is 1.24 bits per heavy atom. The van der Waals surface area contributed by atoms with E-state index in [1.807, 2.05) is 31.2 Å². The van der Waals surface area contributed by atoms with E-state index in [0.29, 0.717) is 18.1 Å². The third kappa shape index (κ3) is 3.48. The number of furan rings is 1. The minimum absolute atomic E-state index is 0.151. The molecule has 0 saturated carbocycles. The molecule has 1 heterocycles. The molecule has 0 unspecified atom stereocenters. The summed E-state index contributed by atoms with van der Waals surface area (Å²) in [6.07, 6.45) is 0. The Morgan fingerprint density at radius 2 is 1.95 bits per heavy atom.